The lowest BCUT2D eigenvalue weighted by molar-refractivity contribution is 0.415. The highest BCUT2D eigenvalue weighted by Crippen LogP contribution is 2.29. The second kappa shape index (κ2) is 6.34. The number of methoxy groups -OCH3 is 1. The van der Waals surface area contributed by atoms with E-state index in [1.165, 1.54) is 4.70 Å². The Balaban J connectivity index is 1.73. The summed E-state index contributed by atoms with van der Waals surface area (Å²) in [6.07, 6.45) is 0. The van der Waals surface area contributed by atoms with Crippen LogP contribution in [0.4, 0.5) is 0 Å². The van der Waals surface area contributed by atoms with Gasteiger partial charge in [-0.1, -0.05) is 24.4 Å². The van der Waals surface area contributed by atoms with E-state index < -0.39 is 0 Å². The largest absolute Gasteiger partial charge is 0.508 e. The molecule has 0 aliphatic heterocycles. The van der Waals surface area contributed by atoms with Gasteiger partial charge in [-0.3, -0.25) is 0 Å². The Bertz CT molecular complexity index is 809. The van der Waals surface area contributed by atoms with Gasteiger partial charge in [0.1, 0.15) is 16.5 Å². The number of phenols is 1. The Morgan fingerprint density at radius 2 is 1.95 bits per heavy atom. The molecule has 0 amide bonds. The molecule has 2 aromatic carbocycles. The molecule has 0 atom stereocenters. The smallest absolute Gasteiger partial charge is 0.119 e. The number of benzene rings is 2. The Hall–Kier alpha value is -2.11. The molecular formula is C17H15NO2S2. The van der Waals surface area contributed by atoms with Crippen LogP contribution in [0.1, 0.15) is 10.4 Å². The van der Waals surface area contributed by atoms with Gasteiger partial charge in [-0.15, -0.1) is 11.3 Å². The van der Waals surface area contributed by atoms with Crippen LogP contribution >= 0.6 is 23.6 Å². The van der Waals surface area contributed by atoms with Gasteiger partial charge >= 0.3 is 0 Å². The summed E-state index contributed by atoms with van der Waals surface area (Å²) in [6.45, 7) is 0.636. The fourth-order valence-corrected chi connectivity index (χ4v) is 3.36. The minimum absolute atomic E-state index is 0.268. The predicted octanol–water partition coefficient (Wildman–Crippen LogP) is 4.08. The highest BCUT2D eigenvalue weighted by Gasteiger charge is 2.07. The fraction of sp³-hybridized carbons (Fsp3) is 0.118. The number of thiophene rings is 1. The number of aromatic hydroxyl groups is 1. The molecule has 0 fully saturated rings. The minimum Gasteiger partial charge on any atom is -0.508 e. The molecule has 0 bridgehead atoms. The lowest BCUT2D eigenvalue weighted by Crippen LogP contribution is -2.20. The van der Waals surface area contributed by atoms with Crippen molar-refractivity contribution in [1.29, 1.82) is 0 Å². The van der Waals surface area contributed by atoms with Crippen LogP contribution in [0.15, 0.2) is 48.5 Å². The van der Waals surface area contributed by atoms with Crippen LogP contribution in [0.2, 0.25) is 0 Å². The van der Waals surface area contributed by atoms with E-state index in [9.17, 15) is 5.11 Å². The third-order valence-electron chi connectivity index (χ3n) is 3.34. The highest BCUT2D eigenvalue weighted by atomic mass is 32.1. The van der Waals surface area contributed by atoms with E-state index in [2.05, 4.69) is 11.4 Å². The third kappa shape index (κ3) is 3.21. The van der Waals surface area contributed by atoms with Crippen molar-refractivity contribution in [2.75, 3.05) is 7.11 Å². The highest BCUT2D eigenvalue weighted by molar-refractivity contribution is 7.81. The van der Waals surface area contributed by atoms with Gasteiger partial charge in [0, 0.05) is 11.2 Å². The molecule has 22 heavy (non-hydrogen) atoms. The molecule has 1 aromatic heterocycles. The zero-order chi connectivity index (χ0) is 15.5. The molecule has 0 aliphatic carbocycles. The van der Waals surface area contributed by atoms with Crippen LogP contribution in [0.25, 0.3) is 10.1 Å². The molecule has 0 spiro atoms. The van der Waals surface area contributed by atoms with Crippen LogP contribution in [0, 0.1) is 0 Å². The van der Waals surface area contributed by atoms with Crippen molar-refractivity contribution in [2.24, 2.45) is 0 Å². The number of fused-ring (bicyclic) bond motifs is 1. The van der Waals surface area contributed by atoms with E-state index in [1.54, 1.807) is 30.6 Å². The number of thiocarbonyl (C=S) groups is 1. The number of hydrogen-bond donors (Lipinski definition) is 2. The maximum absolute atomic E-state index is 9.28. The minimum atomic E-state index is 0.268. The molecule has 2 N–H and O–H groups in total. The Morgan fingerprint density at radius 1 is 1.18 bits per heavy atom. The standard InChI is InChI=1S/C17H15NO2S2/c1-20-14-6-7-15-12(8-14)9-16(22-15)17(21)18-10-11-2-4-13(19)5-3-11/h2-9,19H,10H2,1H3,(H,18,21). The van der Waals surface area contributed by atoms with E-state index in [0.717, 1.165) is 26.6 Å². The number of hydrogen-bond acceptors (Lipinski definition) is 4. The molecule has 0 aliphatic rings. The zero-order valence-electron chi connectivity index (χ0n) is 12.0. The third-order valence-corrected chi connectivity index (χ3v) is 4.96. The van der Waals surface area contributed by atoms with E-state index in [0.29, 0.717) is 6.54 Å². The van der Waals surface area contributed by atoms with Crippen molar-refractivity contribution >= 4 is 38.6 Å². The number of rotatable bonds is 4. The SMILES string of the molecule is COc1ccc2sc(C(=S)NCc3ccc(O)cc3)cc2c1. The van der Waals surface area contributed by atoms with E-state index in [4.69, 9.17) is 17.0 Å². The van der Waals surface area contributed by atoms with E-state index >= 15 is 0 Å². The maximum Gasteiger partial charge on any atom is 0.119 e. The number of nitrogens with one attached hydrogen (secondary N) is 1. The monoisotopic (exact) mass is 329 g/mol. The Kier molecular flexibility index (Phi) is 4.27. The van der Waals surface area contributed by atoms with Crippen molar-refractivity contribution in [2.45, 2.75) is 6.54 Å². The lowest BCUT2D eigenvalue weighted by Gasteiger charge is -2.06. The summed E-state index contributed by atoms with van der Waals surface area (Å²) in [5, 5.41) is 13.7. The van der Waals surface area contributed by atoms with Gasteiger partial charge in [0.15, 0.2) is 0 Å². The molecule has 3 rings (SSSR count). The van der Waals surface area contributed by atoms with Crippen LogP contribution in [0.5, 0.6) is 11.5 Å². The molecular weight excluding hydrogens is 314 g/mol. The van der Waals surface area contributed by atoms with Crippen molar-refractivity contribution in [3.05, 3.63) is 59.0 Å². The quantitative estimate of drug-likeness (QED) is 0.708. The summed E-state index contributed by atoms with van der Waals surface area (Å²) in [5.41, 5.74) is 1.07. The summed E-state index contributed by atoms with van der Waals surface area (Å²) in [5.74, 6) is 1.12. The molecule has 0 saturated heterocycles. The molecule has 5 heteroatoms. The molecule has 0 radical (unpaired) electrons. The molecule has 1 heterocycles. The van der Waals surface area contributed by atoms with E-state index in [1.807, 2.05) is 30.3 Å². The first-order valence-electron chi connectivity index (χ1n) is 6.79. The van der Waals surface area contributed by atoms with Crippen molar-refractivity contribution in [3.63, 3.8) is 0 Å². The maximum atomic E-state index is 9.28. The average Bonchev–Trinajstić information content (AvgIpc) is 2.97. The molecule has 0 unspecified atom stereocenters. The van der Waals surface area contributed by atoms with Gasteiger partial charge in [0.25, 0.3) is 0 Å². The summed E-state index contributed by atoms with van der Waals surface area (Å²) < 4.78 is 6.43. The van der Waals surface area contributed by atoms with Crippen molar-refractivity contribution < 1.29 is 9.84 Å². The molecule has 3 nitrogen and oxygen atoms in total. The number of phenolic OH excluding ortho intramolecular Hbond substituents is 1. The van der Waals surface area contributed by atoms with Crippen LogP contribution in [-0.2, 0) is 6.54 Å². The number of ether oxygens (including phenoxy) is 1. The molecule has 0 saturated carbocycles. The van der Waals surface area contributed by atoms with Crippen LogP contribution in [0.3, 0.4) is 0 Å². The van der Waals surface area contributed by atoms with Gasteiger partial charge in [0.2, 0.25) is 0 Å². The average molecular weight is 329 g/mol. The van der Waals surface area contributed by atoms with Crippen molar-refractivity contribution in [3.8, 4) is 11.5 Å². The molecule has 3 aromatic rings. The fourth-order valence-electron chi connectivity index (χ4n) is 2.14. The van der Waals surface area contributed by atoms with Crippen LogP contribution in [-0.4, -0.2) is 17.2 Å². The summed E-state index contributed by atoms with van der Waals surface area (Å²) in [6, 6.07) is 15.2. The lowest BCUT2D eigenvalue weighted by atomic mass is 10.2. The van der Waals surface area contributed by atoms with Gasteiger partial charge in [0.05, 0.1) is 12.0 Å². The normalized spacial score (nSPS) is 10.6. The van der Waals surface area contributed by atoms with Crippen molar-refractivity contribution in [1.82, 2.24) is 5.32 Å². The predicted molar refractivity (Wildman–Crippen MR) is 95.0 cm³/mol. The van der Waals surface area contributed by atoms with E-state index in [-0.39, 0.29) is 5.75 Å². The zero-order valence-corrected chi connectivity index (χ0v) is 13.6. The first-order valence-corrected chi connectivity index (χ1v) is 8.02. The Labute approximate surface area is 138 Å². The second-order valence-electron chi connectivity index (χ2n) is 4.86. The van der Waals surface area contributed by atoms with Gasteiger partial charge in [-0.05, 0) is 47.3 Å². The second-order valence-corrected chi connectivity index (χ2v) is 6.36. The van der Waals surface area contributed by atoms with Crippen LogP contribution < -0.4 is 10.1 Å². The summed E-state index contributed by atoms with van der Waals surface area (Å²) in [4.78, 5) is 1.77. The summed E-state index contributed by atoms with van der Waals surface area (Å²) >= 11 is 7.13. The first-order chi connectivity index (χ1) is 10.7. The molecule has 112 valence electrons. The van der Waals surface area contributed by atoms with Gasteiger partial charge in [-0.25, -0.2) is 0 Å². The Morgan fingerprint density at radius 3 is 2.68 bits per heavy atom. The van der Waals surface area contributed by atoms with Gasteiger partial charge < -0.3 is 15.2 Å². The first kappa shape index (κ1) is 14.8. The van der Waals surface area contributed by atoms with Gasteiger partial charge in [-0.2, -0.15) is 0 Å². The summed E-state index contributed by atoms with van der Waals surface area (Å²) in [7, 11) is 1.66. The topological polar surface area (TPSA) is 41.5 Å².